The van der Waals surface area contributed by atoms with Gasteiger partial charge in [0.1, 0.15) is 0 Å². The lowest BCUT2D eigenvalue weighted by atomic mass is 9.88. The summed E-state index contributed by atoms with van der Waals surface area (Å²) in [5.74, 6) is 0.799. The van der Waals surface area contributed by atoms with Gasteiger partial charge in [0.15, 0.2) is 11.5 Å². The minimum Gasteiger partial charge on any atom is -0.504 e. The smallest absolute Gasteiger partial charge is 0.162 e. The molecule has 1 aromatic rings. The van der Waals surface area contributed by atoms with E-state index in [1.54, 1.807) is 6.07 Å². The first-order valence-electron chi connectivity index (χ1n) is 6.53. The second kappa shape index (κ2) is 6.10. The molecule has 0 aromatic heterocycles. The van der Waals surface area contributed by atoms with Crippen molar-refractivity contribution in [3.8, 4) is 11.5 Å². The zero-order valence-electron chi connectivity index (χ0n) is 12.1. The summed E-state index contributed by atoms with van der Waals surface area (Å²) in [4.78, 5) is 0. The molecule has 1 atom stereocenters. The third-order valence-electron chi connectivity index (χ3n) is 3.28. The predicted molar refractivity (Wildman–Crippen MR) is 75.0 cm³/mol. The lowest BCUT2D eigenvalue weighted by Gasteiger charge is -2.28. The molecule has 0 heterocycles. The maximum absolute atomic E-state index is 10.1. The van der Waals surface area contributed by atoms with Crippen LogP contribution in [-0.4, -0.2) is 17.8 Å². The molecule has 0 fully saturated rings. The first-order chi connectivity index (χ1) is 8.36. The minimum absolute atomic E-state index is 0.202. The first-order valence-corrected chi connectivity index (χ1v) is 6.53. The second-order valence-electron chi connectivity index (χ2n) is 5.67. The molecule has 0 spiro atoms. The van der Waals surface area contributed by atoms with Gasteiger partial charge in [0, 0.05) is 18.2 Å². The van der Waals surface area contributed by atoms with Crippen LogP contribution >= 0.6 is 0 Å². The predicted octanol–water partition coefficient (Wildman–Crippen LogP) is 3.32. The lowest BCUT2D eigenvalue weighted by Crippen LogP contribution is -2.37. The molecule has 0 radical (unpaired) electrons. The first kappa shape index (κ1) is 14.8. The number of rotatable bonds is 5. The summed E-state index contributed by atoms with van der Waals surface area (Å²) in [6.45, 7) is 11.9. The van der Waals surface area contributed by atoms with E-state index in [2.05, 4.69) is 33.0 Å². The summed E-state index contributed by atoms with van der Waals surface area (Å²) in [6.07, 6.45) is 0. The van der Waals surface area contributed by atoms with Crippen molar-refractivity contribution < 1.29 is 9.84 Å². The third-order valence-corrected chi connectivity index (χ3v) is 3.28. The van der Waals surface area contributed by atoms with E-state index in [4.69, 9.17) is 4.74 Å². The number of nitrogens with one attached hydrogen (secondary N) is 1. The zero-order valence-corrected chi connectivity index (χ0v) is 12.1. The monoisotopic (exact) mass is 251 g/mol. The molecule has 0 aliphatic carbocycles. The van der Waals surface area contributed by atoms with E-state index in [0.717, 1.165) is 5.56 Å². The van der Waals surface area contributed by atoms with Crippen molar-refractivity contribution in [3.05, 3.63) is 23.8 Å². The van der Waals surface area contributed by atoms with Crippen LogP contribution in [0.4, 0.5) is 0 Å². The van der Waals surface area contributed by atoms with E-state index in [-0.39, 0.29) is 11.2 Å². The van der Waals surface area contributed by atoms with Gasteiger partial charge >= 0.3 is 0 Å². The maximum Gasteiger partial charge on any atom is 0.162 e. The molecule has 3 heteroatoms. The van der Waals surface area contributed by atoms with Crippen LogP contribution in [0, 0.1) is 5.41 Å². The van der Waals surface area contributed by atoms with Gasteiger partial charge in [-0.3, -0.25) is 0 Å². The van der Waals surface area contributed by atoms with E-state index in [1.165, 1.54) is 0 Å². The summed E-state index contributed by atoms with van der Waals surface area (Å²) < 4.78 is 5.37. The average molecular weight is 251 g/mol. The number of aromatic hydroxyl groups is 1. The highest BCUT2D eigenvalue weighted by Crippen LogP contribution is 2.30. The van der Waals surface area contributed by atoms with Crippen LogP contribution in [0.15, 0.2) is 18.2 Å². The third kappa shape index (κ3) is 3.91. The van der Waals surface area contributed by atoms with Crippen molar-refractivity contribution in [2.45, 2.75) is 47.2 Å². The molecule has 1 unspecified atom stereocenters. The van der Waals surface area contributed by atoms with Gasteiger partial charge in [-0.05, 0) is 25.3 Å². The summed E-state index contributed by atoms with van der Waals surface area (Å²) in [5.41, 5.74) is 1.07. The van der Waals surface area contributed by atoms with Crippen LogP contribution in [0.3, 0.4) is 0 Å². The highest BCUT2D eigenvalue weighted by molar-refractivity contribution is 5.45. The van der Waals surface area contributed by atoms with Crippen molar-refractivity contribution in [2.24, 2.45) is 5.41 Å². The Morgan fingerprint density at radius 2 is 2.00 bits per heavy atom. The number of para-hydroxylation sites is 1. The quantitative estimate of drug-likeness (QED) is 0.843. The molecule has 0 saturated carbocycles. The molecule has 18 heavy (non-hydrogen) atoms. The van der Waals surface area contributed by atoms with Gasteiger partial charge in [0.25, 0.3) is 0 Å². The molecule has 102 valence electrons. The topological polar surface area (TPSA) is 41.5 Å². The van der Waals surface area contributed by atoms with E-state index >= 15 is 0 Å². The summed E-state index contributed by atoms with van der Waals surface area (Å²) in [7, 11) is 0. The molecule has 0 aliphatic heterocycles. The van der Waals surface area contributed by atoms with Gasteiger partial charge in [-0.15, -0.1) is 0 Å². The van der Waals surface area contributed by atoms with Gasteiger partial charge in [-0.25, -0.2) is 0 Å². The molecule has 0 saturated heterocycles. The molecule has 0 bridgehead atoms. The Labute approximate surface area is 110 Å². The minimum atomic E-state index is 0.202. The largest absolute Gasteiger partial charge is 0.504 e. The Hall–Kier alpha value is -1.22. The van der Waals surface area contributed by atoms with Gasteiger partial charge in [0.2, 0.25) is 0 Å². The van der Waals surface area contributed by atoms with Crippen molar-refractivity contribution in [3.63, 3.8) is 0 Å². The van der Waals surface area contributed by atoms with Crippen LogP contribution in [0.5, 0.6) is 11.5 Å². The fourth-order valence-corrected chi connectivity index (χ4v) is 1.55. The number of hydrogen-bond acceptors (Lipinski definition) is 3. The molecule has 0 amide bonds. The standard InChI is InChI=1S/C15H25NO2/c1-6-18-13-9-7-8-12(14(13)17)10-16-11(2)15(3,4)5/h7-9,11,16-17H,6,10H2,1-5H3. The molecular weight excluding hydrogens is 226 g/mol. The maximum atomic E-state index is 10.1. The Morgan fingerprint density at radius 1 is 1.33 bits per heavy atom. The summed E-state index contributed by atoms with van der Waals surface area (Å²) in [5, 5.41) is 13.5. The molecular formula is C15H25NO2. The lowest BCUT2D eigenvalue weighted by molar-refractivity contribution is 0.282. The highest BCUT2D eigenvalue weighted by Gasteiger charge is 2.19. The molecule has 1 rings (SSSR count). The van der Waals surface area contributed by atoms with Crippen LogP contribution in [0.1, 0.15) is 40.2 Å². The van der Waals surface area contributed by atoms with Crippen LogP contribution in [0.2, 0.25) is 0 Å². The number of phenols is 1. The second-order valence-corrected chi connectivity index (χ2v) is 5.67. The molecule has 3 nitrogen and oxygen atoms in total. The Balaban J connectivity index is 2.71. The fraction of sp³-hybridized carbons (Fsp3) is 0.600. The van der Waals surface area contributed by atoms with Crippen molar-refractivity contribution in [1.29, 1.82) is 0 Å². The zero-order chi connectivity index (χ0) is 13.8. The van der Waals surface area contributed by atoms with Gasteiger partial charge in [-0.2, -0.15) is 0 Å². The Bertz CT molecular complexity index is 383. The number of hydrogen-bond donors (Lipinski definition) is 2. The van der Waals surface area contributed by atoms with E-state index in [9.17, 15) is 5.11 Å². The molecule has 1 aromatic carbocycles. The number of phenolic OH excluding ortho intramolecular Hbond substituents is 1. The van der Waals surface area contributed by atoms with Gasteiger partial charge < -0.3 is 15.2 Å². The highest BCUT2D eigenvalue weighted by atomic mass is 16.5. The summed E-state index contributed by atoms with van der Waals surface area (Å²) in [6, 6.07) is 5.98. The number of ether oxygens (including phenoxy) is 1. The van der Waals surface area contributed by atoms with Crippen molar-refractivity contribution in [1.82, 2.24) is 5.32 Å². The van der Waals surface area contributed by atoms with Gasteiger partial charge in [-0.1, -0.05) is 32.9 Å². The van der Waals surface area contributed by atoms with Gasteiger partial charge in [0.05, 0.1) is 6.61 Å². The van der Waals surface area contributed by atoms with Crippen LogP contribution in [-0.2, 0) is 6.54 Å². The van der Waals surface area contributed by atoms with E-state index in [1.807, 2.05) is 19.1 Å². The molecule has 0 aliphatic rings. The normalized spacial score (nSPS) is 13.4. The molecule has 2 N–H and O–H groups in total. The average Bonchev–Trinajstić information content (AvgIpc) is 2.29. The van der Waals surface area contributed by atoms with Crippen molar-refractivity contribution >= 4 is 0 Å². The number of benzene rings is 1. The Kier molecular flexibility index (Phi) is 5.03. The van der Waals surface area contributed by atoms with E-state index < -0.39 is 0 Å². The SMILES string of the molecule is CCOc1cccc(CNC(C)C(C)(C)C)c1O. The van der Waals surface area contributed by atoms with Crippen LogP contribution in [0.25, 0.3) is 0 Å². The van der Waals surface area contributed by atoms with Crippen molar-refractivity contribution in [2.75, 3.05) is 6.61 Å². The Morgan fingerprint density at radius 3 is 2.56 bits per heavy atom. The fourth-order valence-electron chi connectivity index (χ4n) is 1.55. The van der Waals surface area contributed by atoms with E-state index in [0.29, 0.717) is 24.9 Å². The van der Waals surface area contributed by atoms with Crippen LogP contribution < -0.4 is 10.1 Å². The summed E-state index contributed by atoms with van der Waals surface area (Å²) >= 11 is 0.